The van der Waals surface area contributed by atoms with Crippen LogP contribution in [0.5, 0.6) is 0 Å². The molecule has 0 radical (unpaired) electrons. The van der Waals surface area contributed by atoms with Crippen LogP contribution in [0.1, 0.15) is 12.5 Å². The van der Waals surface area contributed by atoms with Gasteiger partial charge in [0.2, 0.25) is 0 Å². The molecule has 0 unspecified atom stereocenters. The molecule has 0 spiro atoms. The summed E-state index contributed by atoms with van der Waals surface area (Å²) in [6.45, 7) is 3.05. The highest BCUT2D eigenvalue weighted by Gasteiger charge is 2.16. The molecule has 0 saturated carbocycles. The lowest BCUT2D eigenvalue weighted by Crippen LogP contribution is -2.21. The van der Waals surface area contributed by atoms with E-state index in [1.807, 2.05) is 6.07 Å². The predicted molar refractivity (Wildman–Crippen MR) is 47.8 cm³/mol. The fourth-order valence-corrected chi connectivity index (χ4v) is 1.66. The first-order valence-electron chi connectivity index (χ1n) is 4.28. The summed E-state index contributed by atoms with van der Waals surface area (Å²) in [7, 11) is 0. The molecular formula is C10H12FN. The molecule has 1 aromatic carbocycles. The quantitative estimate of drug-likeness (QED) is 0.622. The summed E-state index contributed by atoms with van der Waals surface area (Å²) in [6.07, 6.45) is 0.986. The molecule has 12 heavy (non-hydrogen) atoms. The summed E-state index contributed by atoms with van der Waals surface area (Å²) in [4.78, 5) is 0. The van der Waals surface area contributed by atoms with Crippen molar-refractivity contribution in [2.45, 2.75) is 13.3 Å². The second-order valence-corrected chi connectivity index (χ2v) is 3.46. The van der Waals surface area contributed by atoms with Gasteiger partial charge in [-0.2, -0.15) is 0 Å². The van der Waals surface area contributed by atoms with Crippen LogP contribution in [0.3, 0.4) is 0 Å². The summed E-state index contributed by atoms with van der Waals surface area (Å²) in [5.41, 5.74) is 1.81. The maximum absolute atomic E-state index is 13.1. The molecule has 1 aliphatic heterocycles. The van der Waals surface area contributed by atoms with Crippen molar-refractivity contribution < 1.29 is 4.39 Å². The van der Waals surface area contributed by atoms with Gasteiger partial charge in [0.15, 0.2) is 0 Å². The summed E-state index contributed by atoms with van der Waals surface area (Å²) >= 11 is 0. The van der Waals surface area contributed by atoms with Gasteiger partial charge in [-0.15, -0.1) is 0 Å². The van der Waals surface area contributed by atoms with Gasteiger partial charge in [-0.1, -0.05) is 19.1 Å². The van der Waals surface area contributed by atoms with Gasteiger partial charge in [0.25, 0.3) is 0 Å². The smallest absolute Gasteiger partial charge is 0.146 e. The minimum absolute atomic E-state index is 0.126. The van der Waals surface area contributed by atoms with Crippen molar-refractivity contribution in [2.75, 3.05) is 11.9 Å². The second kappa shape index (κ2) is 2.77. The molecule has 1 aromatic rings. The van der Waals surface area contributed by atoms with E-state index in [9.17, 15) is 4.39 Å². The molecule has 0 amide bonds. The topological polar surface area (TPSA) is 12.0 Å². The molecule has 1 heterocycles. The van der Waals surface area contributed by atoms with E-state index in [4.69, 9.17) is 0 Å². The van der Waals surface area contributed by atoms with E-state index in [2.05, 4.69) is 12.2 Å². The van der Waals surface area contributed by atoms with Crippen LogP contribution in [-0.2, 0) is 6.42 Å². The minimum atomic E-state index is -0.126. The summed E-state index contributed by atoms with van der Waals surface area (Å²) in [5, 5.41) is 3.11. The Hall–Kier alpha value is -1.05. The number of anilines is 1. The molecule has 1 N–H and O–H groups in total. The first-order valence-corrected chi connectivity index (χ1v) is 4.28. The molecule has 2 rings (SSSR count). The molecule has 0 fully saturated rings. The van der Waals surface area contributed by atoms with Gasteiger partial charge in [-0.05, 0) is 24.0 Å². The number of fused-ring (bicyclic) bond motifs is 1. The van der Waals surface area contributed by atoms with Crippen molar-refractivity contribution in [3.05, 3.63) is 29.6 Å². The summed E-state index contributed by atoms with van der Waals surface area (Å²) in [5.74, 6) is 0.485. The number of nitrogens with one attached hydrogen (secondary N) is 1. The van der Waals surface area contributed by atoms with Crippen molar-refractivity contribution in [1.82, 2.24) is 0 Å². The Balaban J connectivity index is 2.42. The standard InChI is InChI=1S/C10H12FN/c1-7-5-8-3-2-4-9(11)10(8)12-6-7/h2-4,7,12H,5-6H2,1H3/t7-/m0/s1. The fraction of sp³-hybridized carbons (Fsp3) is 0.400. The van der Waals surface area contributed by atoms with Crippen LogP contribution in [-0.4, -0.2) is 6.54 Å². The van der Waals surface area contributed by atoms with Gasteiger partial charge in [0.1, 0.15) is 5.82 Å². The Morgan fingerprint density at radius 1 is 1.50 bits per heavy atom. The molecule has 0 bridgehead atoms. The van der Waals surface area contributed by atoms with Crippen LogP contribution in [0.2, 0.25) is 0 Å². The van der Waals surface area contributed by atoms with Crippen LogP contribution < -0.4 is 5.32 Å². The third-order valence-corrected chi connectivity index (χ3v) is 2.30. The van der Waals surface area contributed by atoms with E-state index >= 15 is 0 Å². The maximum atomic E-state index is 13.1. The van der Waals surface area contributed by atoms with Crippen molar-refractivity contribution in [3.8, 4) is 0 Å². The van der Waals surface area contributed by atoms with Crippen molar-refractivity contribution >= 4 is 5.69 Å². The Kier molecular flexibility index (Phi) is 1.75. The van der Waals surface area contributed by atoms with Crippen LogP contribution in [0.4, 0.5) is 10.1 Å². The van der Waals surface area contributed by atoms with Gasteiger partial charge < -0.3 is 5.32 Å². The highest BCUT2D eigenvalue weighted by Crippen LogP contribution is 2.26. The number of para-hydroxylation sites is 1. The third kappa shape index (κ3) is 1.17. The number of hydrogen-bond donors (Lipinski definition) is 1. The van der Waals surface area contributed by atoms with Crippen LogP contribution >= 0.6 is 0 Å². The highest BCUT2D eigenvalue weighted by molar-refractivity contribution is 5.54. The largest absolute Gasteiger partial charge is 0.382 e. The van der Waals surface area contributed by atoms with Gasteiger partial charge in [0.05, 0.1) is 5.69 Å². The van der Waals surface area contributed by atoms with E-state index < -0.39 is 0 Å². The number of rotatable bonds is 0. The SMILES string of the molecule is C[C@@H]1CNc2c(F)cccc2C1. The number of halogens is 1. The highest BCUT2D eigenvalue weighted by atomic mass is 19.1. The molecule has 0 aromatic heterocycles. The van der Waals surface area contributed by atoms with Crippen molar-refractivity contribution in [3.63, 3.8) is 0 Å². The molecule has 0 saturated heterocycles. The molecule has 64 valence electrons. The maximum Gasteiger partial charge on any atom is 0.146 e. The molecule has 0 aliphatic carbocycles. The van der Waals surface area contributed by atoms with Gasteiger partial charge in [0, 0.05) is 6.54 Å². The molecular weight excluding hydrogens is 153 g/mol. The van der Waals surface area contributed by atoms with Crippen molar-refractivity contribution in [1.29, 1.82) is 0 Å². The van der Waals surface area contributed by atoms with Gasteiger partial charge >= 0.3 is 0 Å². The lowest BCUT2D eigenvalue weighted by atomic mass is 9.95. The fourth-order valence-electron chi connectivity index (χ4n) is 1.66. The Morgan fingerprint density at radius 3 is 3.17 bits per heavy atom. The number of hydrogen-bond acceptors (Lipinski definition) is 1. The first-order chi connectivity index (χ1) is 5.77. The molecule has 2 heteroatoms. The van der Waals surface area contributed by atoms with Gasteiger partial charge in [-0.25, -0.2) is 4.39 Å². The number of benzene rings is 1. The Morgan fingerprint density at radius 2 is 2.33 bits per heavy atom. The normalized spacial score (nSPS) is 21.3. The van der Waals surface area contributed by atoms with Crippen molar-refractivity contribution in [2.24, 2.45) is 5.92 Å². The molecule has 1 atom stereocenters. The monoisotopic (exact) mass is 165 g/mol. The lowest BCUT2D eigenvalue weighted by molar-refractivity contribution is 0.572. The Bertz CT molecular complexity index is 296. The van der Waals surface area contributed by atoms with E-state index in [0.717, 1.165) is 18.5 Å². The van der Waals surface area contributed by atoms with E-state index in [0.29, 0.717) is 11.6 Å². The predicted octanol–water partition coefficient (Wildman–Crippen LogP) is 2.43. The summed E-state index contributed by atoms with van der Waals surface area (Å²) in [6, 6.07) is 5.26. The zero-order valence-electron chi connectivity index (χ0n) is 7.10. The zero-order chi connectivity index (χ0) is 8.55. The third-order valence-electron chi connectivity index (χ3n) is 2.30. The zero-order valence-corrected chi connectivity index (χ0v) is 7.10. The Labute approximate surface area is 71.6 Å². The average Bonchev–Trinajstić information content (AvgIpc) is 2.04. The molecule has 1 aliphatic rings. The van der Waals surface area contributed by atoms with Crippen LogP contribution in [0.25, 0.3) is 0 Å². The van der Waals surface area contributed by atoms with E-state index in [1.54, 1.807) is 6.07 Å². The minimum Gasteiger partial charge on any atom is -0.382 e. The lowest BCUT2D eigenvalue weighted by Gasteiger charge is -2.23. The van der Waals surface area contributed by atoms with E-state index in [1.165, 1.54) is 6.07 Å². The molecule has 1 nitrogen and oxygen atoms in total. The average molecular weight is 165 g/mol. The second-order valence-electron chi connectivity index (χ2n) is 3.46. The summed E-state index contributed by atoms with van der Waals surface area (Å²) < 4.78 is 13.1. The first kappa shape index (κ1) is 7.59. The van der Waals surface area contributed by atoms with Gasteiger partial charge in [-0.3, -0.25) is 0 Å². The van der Waals surface area contributed by atoms with Crippen LogP contribution in [0, 0.1) is 11.7 Å². The van der Waals surface area contributed by atoms with E-state index in [-0.39, 0.29) is 5.82 Å². The van der Waals surface area contributed by atoms with Crippen LogP contribution in [0.15, 0.2) is 18.2 Å².